The van der Waals surface area contributed by atoms with Gasteiger partial charge in [-0.15, -0.1) is 21.5 Å². The molecule has 0 aromatic carbocycles. The molecule has 3 aromatic rings. The van der Waals surface area contributed by atoms with Crippen LogP contribution in [0.5, 0.6) is 0 Å². The summed E-state index contributed by atoms with van der Waals surface area (Å²) in [5.41, 5.74) is 1.18. The average molecular weight is 347 g/mol. The van der Waals surface area contributed by atoms with Crippen molar-refractivity contribution in [3.05, 3.63) is 33.7 Å². The van der Waals surface area contributed by atoms with Gasteiger partial charge in [0.2, 0.25) is 0 Å². The van der Waals surface area contributed by atoms with Crippen molar-refractivity contribution < 1.29 is 9.21 Å². The topological polar surface area (TPSA) is 93.8 Å². The summed E-state index contributed by atoms with van der Waals surface area (Å²) < 4.78 is 9.38. The Labute approximate surface area is 140 Å². The SMILES string of the molecule is CC(NC(=O)c1nnc(-c2ccns2)o1)c1nc2c(s1)CCC2. The molecule has 4 rings (SSSR count). The molecule has 7 nitrogen and oxygen atoms in total. The van der Waals surface area contributed by atoms with E-state index in [1.165, 1.54) is 28.5 Å². The minimum atomic E-state index is -0.392. The van der Waals surface area contributed by atoms with Crippen molar-refractivity contribution in [1.82, 2.24) is 24.9 Å². The number of aryl methyl sites for hydroxylation is 2. The maximum absolute atomic E-state index is 12.2. The molecule has 1 aliphatic rings. The molecule has 0 aliphatic heterocycles. The first kappa shape index (κ1) is 14.5. The van der Waals surface area contributed by atoms with Gasteiger partial charge in [-0.1, -0.05) is 0 Å². The molecule has 1 amide bonds. The molecular weight excluding hydrogens is 334 g/mol. The number of fused-ring (bicyclic) bond motifs is 1. The lowest BCUT2D eigenvalue weighted by Crippen LogP contribution is -2.26. The van der Waals surface area contributed by atoms with E-state index in [0.29, 0.717) is 5.89 Å². The highest BCUT2D eigenvalue weighted by Gasteiger charge is 2.23. The molecule has 1 aliphatic carbocycles. The molecular formula is C14H13N5O2S2. The van der Waals surface area contributed by atoms with Crippen molar-refractivity contribution in [3.63, 3.8) is 0 Å². The first-order chi connectivity index (χ1) is 11.2. The van der Waals surface area contributed by atoms with Crippen LogP contribution in [0.15, 0.2) is 16.7 Å². The summed E-state index contributed by atoms with van der Waals surface area (Å²) >= 11 is 2.91. The van der Waals surface area contributed by atoms with E-state index in [9.17, 15) is 4.79 Å². The second kappa shape index (κ2) is 5.82. The normalized spacial score (nSPS) is 14.7. The summed E-state index contributed by atoms with van der Waals surface area (Å²) in [7, 11) is 0. The van der Waals surface area contributed by atoms with Gasteiger partial charge in [0.1, 0.15) is 9.88 Å². The number of hydrogen-bond acceptors (Lipinski definition) is 8. The zero-order chi connectivity index (χ0) is 15.8. The maximum atomic E-state index is 12.2. The maximum Gasteiger partial charge on any atom is 0.309 e. The highest BCUT2D eigenvalue weighted by atomic mass is 32.1. The first-order valence-corrected chi connectivity index (χ1v) is 8.83. The van der Waals surface area contributed by atoms with E-state index in [1.807, 2.05) is 6.92 Å². The Balaban J connectivity index is 1.46. The van der Waals surface area contributed by atoms with Gasteiger partial charge in [0.05, 0.1) is 11.7 Å². The first-order valence-electron chi connectivity index (χ1n) is 7.24. The lowest BCUT2D eigenvalue weighted by Gasteiger charge is -2.09. The molecule has 0 fully saturated rings. The van der Waals surface area contributed by atoms with Crippen molar-refractivity contribution >= 4 is 28.8 Å². The van der Waals surface area contributed by atoms with Crippen LogP contribution in [0.3, 0.4) is 0 Å². The monoisotopic (exact) mass is 347 g/mol. The molecule has 1 unspecified atom stereocenters. The molecule has 1 atom stereocenters. The highest BCUT2D eigenvalue weighted by molar-refractivity contribution is 7.11. The number of nitrogens with zero attached hydrogens (tertiary/aromatic N) is 4. The fourth-order valence-corrected chi connectivity index (χ4v) is 4.13. The second-order valence-electron chi connectivity index (χ2n) is 5.26. The zero-order valence-corrected chi connectivity index (χ0v) is 13.9. The molecule has 0 saturated carbocycles. The van der Waals surface area contributed by atoms with Crippen LogP contribution in [0.1, 0.15) is 45.7 Å². The lowest BCUT2D eigenvalue weighted by atomic mass is 10.3. The molecule has 0 bridgehead atoms. The summed E-state index contributed by atoms with van der Waals surface area (Å²) in [6.45, 7) is 1.91. The van der Waals surface area contributed by atoms with Crippen LogP contribution in [0, 0.1) is 0 Å². The number of aromatic nitrogens is 4. The fraction of sp³-hybridized carbons (Fsp3) is 0.357. The second-order valence-corrected chi connectivity index (χ2v) is 7.21. The molecule has 9 heteroatoms. The number of rotatable bonds is 4. The van der Waals surface area contributed by atoms with Gasteiger partial charge in [0, 0.05) is 11.1 Å². The van der Waals surface area contributed by atoms with Crippen molar-refractivity contribution in [3.8, 4) is 10.8 Å². The predicted molar refractivity (Wildman–Crippen MR) is 85.4 cm³/mol. The van der Waals surface area contributed by atoms with Gasteiger partial charge < -0.3 is 9.73 Å². The van der Waals surface area contributed by atoms with Gasteiger partial charge in [0.15, 0.2) is 0 Å². The van der Waals surface area contributed by atoms with Gasteiger partial charge in [-0.2, -0.15) is 0 Å². The van der Waals surface area contributed by atoms with Crippen LogP contribution in [0.4, 0.5) is 0 Å². The van der Waals surface area contributed by atoms with Crippen LogP contribution in [-0.2, 0) is 12.8 Å². The number of nitrogens with one attached hydrogen (secondary N) is 1. The summed E-state index contributed by atoms with van der Waals surface area (Å²) in [4.78, 5) is 18.9. The molecule has 0 saturated heterocycles. The van der Waals surface area contributed by atoms with Crippen molar-refractivity contribution in [1.29, 1.82) is 0 Å². The molecule has 0 spiro atoms. The van der Waals surface area contributed by atoms with E-state index in [4.69, 9.17) is 4.42 Å². The average Bonchev–Trinajstić information content (AvgIpc) is 3.28. The van der Waals surface area contributed by atoms with Gasteiger partial charge in [-0.25, -0.2) is 9.36 Å². The number of carbonyl (C=O) groups excluding carboxylic acids is 1. The molecule has 1 N–H and O–H groups in total. The Bertz CT molecular complexity index is 818. The lowest BCUT2D eigenvalue weighted by molar-refractivity contribution is 0.0905. The highest BCUT2D eigenvalue weighted by Crippen LogP contribution is 2.30. The van der Waals surface area contributed by atoms with E-state index >= 15 is 0 Å². The van der Waals surface area contributed by atoms with Crippen molar-refractivity contribution in [2.24, 2.45) is 0 Å². The summed E-state index contributed by atoms with van der Waals surface area (Å²) in [6.07, 6.45) is 4.95. The third kappa shape index (κ3) is 2.77. The third-order valence-electron chi connectivity index (χ3n) is 3.60. The van der Waals surface area contributed by atoms with E-state index in [-0.39, 0.29) is 11.9 Å². The number of carbonyl (C=O) groups is 1. The Morgan fingerprint density at radius 2 is 2.30 bits per heavy atom. The summed E-state index contributed by atoms with van der Waals surface area (Å²) in [5.74, 6) is -0.140. The minimum Gasteiger partial charge on any atom is -0.411 e. The molecule has 3 heterocycles. The Kier molecular flexibility index (Phi) is 3.66. The van der Waals surface area contributed by atoms with E-state index in [1.54, 1.807) is 23.6 Å². The van der Waals surface area contributed by atoms with Crippen LogP contribution in [0.2, 0.25) is 0 Å². The van der Waals surface area contributed by atoms with Crippen LogP contribution < -0.4 is 5.32 Å². The summed E-state index contributed by atoms with van der Waals surface area (Å²) in [5, 5.41) is 11.5. The van der Waals surface area contributed by atoms with Gasteiger partial charge in [-0.3, -0.25) is 4.79 Å². The standard InChI is InChI=1S/C14H13N5O2S2/c1-7(14-17-8-3-2-4-9(8)22-14)16-11(20)13-19-18-12(21-13)10-5-6-15-23-10/h5-7H,2-4H2,1H3,(H,16,20). The Hall–Kier alpha value is -2.13. The Morgan fingerprint density at radius 3 is 3.09 bits per heavy atom. The number of thiazole rings is 1. The van der Waals surface area contributed by atoms with Gasteiger partial charge >= 0.3 is 11.8 Å². The van der Waals surface area contributed by atoms with Crippen LogP contribution in [0.25, 0.3) is 10.8 Å². The van der Waals surface area contributed by atoms with Crippen LogP contribution >= 0.6 is 22.9 Å². The smallest absolute Gasteiger partial charge is 0.309 e. The molecule has 0 radical (unpaired) electrons. The van der Waals surface area contributed by atoms with Crippen molar-refractivity contribution in [2.45, 2.75) is 32.2 Å². The number of amides is 1. The van der Waals surface area contributed by atoms with Crippen LogP contribution in [-0.4, -0.2) is 25.5 Å². The molecule has 118 valence electrons. The predicted octanol–water partition coefficient (Wildman–Crippen LogP) is 2.63. The zero-order valence-electron chi connectivity index (χ0n) is 12.3. The number of hydrogen-bond donors (Lipinski definition) is 1. The third-order valence-corrected chi connectivity index (χ3v) is 5.67. The largest absolute Gasteiger partial charge is 0.411 e. The molecule has 3 aromatic heterocycles. The quantitative estimate of drug-likeness (QED) is 0.780. The summed E-state index contributed by atoms with van der Waals surface area (Å²) in [6, 6.07) is 1.58. The van der Waals surface area contributed by atoms with E-state index < -0.39 is 5.91 Å². The minimum absolute atomic E-state index is 0.0515. The van der Waals surface area contributed by atoms with Gasteiger partial charge in [0.25, 0.3) is 5.89 Å². The van der Waals surface area contributed by atoms with E-state index in [0.717, 1.165) is 22.7 Å². The van der Waals surface area contributed by atoms with E-state index in [2.05, 4.69) is 24.9 Å². The molecule has 23 heavy (non-hydrogen) atoms. The van der Waals surface area contributed by atoms with Gasteiger partial charge in [-0.05, 0) is 43.8 Å². The Morgan fingerprint density at radius 1 is 1.39 bits per heavy atom. The fourth-order valence-electron chi connectivity index (χ4n) is 2.46. The van der Waals surface area contributed by atoms with Crippen molar-refractivity contribution in [2.75, 3.05) is 0 Å².